The predicted molar refractivity (Wildman–Crippen MR) is 136 cm³/mol. The van der Waals surface area contributed by atoms with Crippen molar-refractivity contribution < 1.29 is 9.59 Å². The Morgan fingerprint density at radius 2 is 1.79 bits per heavy atom. The molecule has 1 aliphatic rings. The molecule has 10 heteroatoms. The topological polar surface area (TPSA) is 76.3 Å². The summed E-state index contributed by atoms with van der Waals surface area (Å²) in [5.74, 6) is -0.900. The number of carbonyl (C=O) groups excluding carboxylic acids is 2. The number of halogens is 1. The monoisotopic (exact) mass is 498 g/mol. The number of anilines is 1. The van der Waals surface area contributed by atoms with Crippen LogP contribution < -0.4 is 10.9 Å². The number of para-hydroxylation sites is 1. The molecule has 2 heterocycles. The number of thiocarbonyl (C=S) groups is 1. The van der Waals surface area contributed by atoms with E-state index in [1.165, 1.54) is 9.58 Å². The van der Waals surface area contributed by atoms with Gasteiger partial charge in [-0.1, -0.05) is 72.0 Å². The van der Waals surface area contributed by atoms with Gasteiger partial charge in [0.25, 0.3) is 11.5 Å². The summed E-state index contributed by atoms with van der Waals surface area (Å²) in [4.78, 5) is 40.2. The van der Waals surface area contributed by atoms with Gasteiger partial charge in [-0.3, -0.25) is 24.0 Å². The van der Waals surface area contributed by atoms with Gasteiger partial charge in [0, 0.05) is 12.1 Å². The zero-order valence-electron chi connectivity index (χ0n) is 17.7. The number of carbonyl (C=O) groups is 2. The first-order valence-electron chi connectivity index (χ1n) is 9.91. The lowest BCUT2D eigenvalue weighted by Gasteiger charge is -2.13. The Kier molecular flexibility index (Phi) is 6.55. The Balaban J connectivity index is 1.53. The summed E-state index contributed by atoms with van der Waals surface area (Å²) in [5, 5.41) is 3.16. The van der Waals surface area contributed by atoms with Gasteiger partial charge in [0.15, 0.2) is 0 Å². The molecule has 4 rings (SSSR count). The summed E-state index contributed by atoms with van der Waals surface area (Å²) in [6.45, 7) is 1.44. The van der Waals surface area contributed by atoms with Crippen molar-refractivity contribution in [3.63, 3.8) is 0 Å². The van der Waals surface area contributed by atoms with Gasteiger partial charge in [0.2, 0.25) is 5.91 Å². The summed E-state index contributed by atoms with van der Waals surface area (Å²) in [6, 6.07) is 16.2. The van der Waals surface area contributed by atoms with Gasteiger partial charge in [-0.25, -0.2) is 4.68 Å². The van der Waals surface area contributed by atoms with E-state index in [1.807, 2.05) is 24.3 Å². The molecule has 1 saturated heterocycles. The van der Waals surface area contributed by atoms with Crippen molar-refractivity contribution in [2.24, 2.45) is 7.05 Å². The maximum absolute atomic E-state index is 13.0. The molecule has 0 aliphatic carbocycles. The fourth-order valence-corrected chi connectivity index (χ4v) is 4.84. The predicted octanol–water partition coefficient (Wildman–Crippen LogP) is 3.98. The van der Waals surface area contributed by atoms with Crippen molar-refractivity contribution in [3.8, 4) is 5.69 Å². The summed E-state index contributed by atoms with van der Waals surface area (Å²) in [7, 11) is 1.74. The van der Waals surface area contributed by atoms with Gasteiger partial charge in [-0.15, -0.1) is 0 Å². The maximum atomic E-state index is 13.0. The number of nitrogens with one attached hydrogen (secondary N) is 1. The van der Waals surface area contributed by atoms with E-state index in [4.69, 9.17) is 23.8 Å². The van der Waals surface area contributed by atoms with Gasteiger partial charge < -0.3 is 5.32 Å². The van der Waals surface area contributed by atoms with Crippen LogP contribution in [0.3, 0.4) is 0 Å². The lowest BCUT2D eigenvalue weighted by atomic mass is 10.2. The molecule has 33 heavy (non-hydrogen) atoms. The number of aromatic nitrogens is 2. The molecular formula is C23H19ClN4O3S2. The highest BCUT2D eigenvalue weighted by Gasteiger charge is 2.34. The molecule has 0 radical (unpaired) electrons. The number of benzene rings is 2. The Morgan fingerprint density at radius 1 is 1.12 bits per heavy atom. The number of thioether (sulfide) groups is 1. The maximum Gasteiger partial charge on any atom is 0.295 e. The number of amides is 2. The molecule has 1 N–H and O–H groups in total. The lowest BCUT2D eigenvalue weighted by molar-refractivity contribution is -0.126. The summed E-state index contributed by atoms with van der Waals surface area (Å²) >= 11 is 12.6. The SMILES string of the molecule is Cc1c(NC(=O)CN2C(=O)C(=Cc3ccccc3Cl)SC2=S)c(=O)n(-c2ccccc2)n1C. The molecule has 0 bridgehead atoms. The Morgan fingerprint density at radius 3 is 2.48 bits per heavy atom. The van der Waals surface area contributed by atoms with E-state index in [-0.39, 0.29) is 28.0 Å². The Labute approximate surface area is 204 Å². The van der Waals surface area contributed by atoms with E-state index in [0.29, 0.717) is 26.9 Å². The molecule has 1 aromatic heterocycles. The molecule has 1 fully saturated rings. The molecule has 0 spiro atoms. The molecule has 2 amide bonds. The highest BCUT2D eigenvalue weighted by atomic mass is 35.5. The highest BCUT2D eigenvalue weighted by Crippen LogP contribution is 2.33. The minimum Gasteiger partial charge on any atom is -0.318 e. The molecule has 2 aromatic carbocycles. The third-order valence-corrected chi connectivity index (χ3v) is 6.91. The van der Waals surface area contributed by atoms with Crippen LogP contribution in [-0.2, 0) is 16.6 Å². The summed E-state index contributed by atoms with van der Waals surface area (Å²) in [5.41, 5.74) is 1.74. The van der Waals surface area contributed by atoms with E-state index in [2.05, 4.69) is 5.32 Å². The van der Waals surface area contributed by atoms with Gasteiger partial charge >= 0.3 is 0 Å². The fourth-order valence-electron chi connectivity index (χ4n) is 3.40. The smallest absolute Gasteiger partial charge is 0.295 e. The first-order valence-corrected chi connectivity index (χ1v) is 11.5. The van der Waals surface area contributed by atoms with E-state index < -0.39 is 5.91 Å². The molecule has 0 atom stereocenters. The van der Waals surface area contributed by atoms with Crippen LogP contribution >= 0.6 is 35.6 Å². The first-order chi connectivity index (χ1) is 15.8. The van der Waals surface area contributed by atoms with Crippen molar-refractivity contribution >= 4 is 63.5 Å². The fraction of sp³-hybridized carbons (Fsp3) is 0.130. The van der Waals surface area contributed by atoms with E-state index in [9.17, 15) is 14.4 Å². The van der Waals surface area contributed by atoms with Crippen molar-refractivity contribution in [1.29, 1.82) is 0 Å². The zero-order chi connectivity index (χ0) is 23.7. The van der Waals surface area contributed by atoms with E-state index in [1.54, 1.807) is 55.1 Å². The van der Waals surface area contributed by atoms with E-state index in [0.717, 1.165) is 11.8 Å². The molecule has 0 unspecified atom stereocenters. The standard InChI is InChI=1S/C23H19ClN4O3S2/c1-14-20(22(31)28(26(14)2)16-9-4-3-5-10-16)25-19(29)13-27-21(30)18(33-23(27)32)12-15-8-6-7-11-17(15)24/h3-12H,13H2,1-2H3,(H,25,29). The van der Waals surface area contributed by atoms with Gasteiger partial charge in [-0.2, -0.15) is 0 Å². The van der Waals surface area contributed by atoms with Gasteiger partial charge in [0.05, 0.1) is 16.3 Å². The molecule has 1 aliphatic heterocycles. The largest absolute Gasteiger partial charge is 0.318 e. The third-order valence-electron chi connectivity index (χ3n) is 5.19. The van der Waals surface area contributed by atoms with E-state index >= 15 is 0 Å². The zero-order valence-corrected chi connectivity index (χ0v) is 20.1. The van der Waals surface area contributed by atoms with Crippen LogP contribution in [0.2, 0.25) is 5.02 Å². The van der Waals surface area contributed by atoms with Crippen LogP contribution in [0.4, 0.5) is 5.69 Å². The Hall–Kier alpha value is -3.14. The van der Waals surface area contributed by atoms with Crippen molar-refractivity contribution in [2.45, 2.75) is 6.92 Å². The number of hydrogen-bond donors (Lipinski definition) is 1. The molecule has 7 nitrogen and oxygen atoms in total. The number of hydrogen-bond acceptors (Lipinski definition) is 5. The van der Waals surface area contributed by atoms with Crippen molar-refractivity contribution in [2.75, 3.05) is 11.9 Å². The number of nitrogens with zero attached hydrogens (tertiary/aromatic N) is 3. The van der Waals surface area contributed by atoms with Crippen molar-refractivity contribution in [3.05, 3.63) is 86.1 Å². The van der Waals surface area contributed by atoms with Crippen LogP contribution in [0.1, 0.15) is 11.3 Å². The molecule has 168 valence electrons. The summed E-state index contributed by atoms with van der Waals surface area (Å²) in [6.07, 6.45) is 1.65. The quantitative estimate of drug-likeness (QED) is 0.425. The van der Waals surface area contributed by atoms with Gasteiger partial charge in [0.1, 0.15) is 16.6 Å². The summed E-state index contributed by atoms with van der Waals surface area (Å²) < 4.78 is 3.40. The first kappa shape index (κ1) is 23.0. The second-order valence-corrected chi connectivity index (χ2v) is 9.36. The highest BCUT2D eigenvalue weighted by molar-refractivity contribution is 8.26. The average Bonchev–Trinajstić information content (AvgIpc) is 3.17. The minimum absolute atomic E-state index is 0.156. The lowest BCUT2D eigenvalue weighted by Crippen LogP contribution is -2.37. The second-order valence-electron chi connectivity index (χ2n) is 7.27. The molecule has 0 saturated carbocycles. The normalized spacial score (nSPS) is 14.9. The Bertz CT molecular complexity index is 1360. The average molecular weight is 499 g/mol. The third kappa shape index (κ3) is 4.52. The second kappa shape index (κ2) is 9.38. The van der Waals surface area contributed by atoms with Crippen LogP contribution in [0.5, 0.6) is 0 Å². The molecular weight excluding hydrogens is 480 g/mol. The minimum atomic E-state index is -0.517. The van der Waals surface area contributed by atoms with Crippen LogP contribution in [0.15, 0.2) is 64.3 Å². The van der Waals surface area contributed by atoms with Gasteiger partial charge in [-0.05, 0) is 36.8 Å². The van der Waals surface area contributed by atoms with Crippen molar-refractivity contribution in [1.82, 2.24) is 14.3 Å². The van der Waals surface area contributed by atoms with Crippen LogP contribution in [0.25, 0.3) is 11.8 Å². The van der Waals surface area contributed by atoms with Crippen LogP contribution in [0, 0.1) is 6.92 Å². The number of rotatable bonds is 5. The molecule has 3 aromatic rings. The van der Waals surface area contributed by atoms with Crippen LogP contribution in [-0.4, -0.2) is 36.9 Å².